The fourth-order valence-electron chi connectivity index (χ4n) is 3.47. The summed E-state index contributed by atoms with van der Waals surface area (Å²) in [6, 6.07) is 30.8. The molecule has 3 nitrogen and oxygen atoms in total. The van der Waals surface area contributed by atoms with Gasteiger partial charge >= 0.3 is 0 Å². The van der Waals surface area contributed by atoms with E-state index in [1.807, 2.05) is 54.6 Å². The van der Waals surface area contributed by atoms with Gasteiger partial charge in [-0.05, 0) is 55.8 Å². The highest BCUT2D eigenvalue weighted by Crippen LogP contribution is 2.21. The molecule has 0 fully saturated rings. The Labute approximate surface area is 208 Å². The first-order valence-electron chi connectivity index (χ1n) is 11.8. The van der Waals surface area contributed by atoms with Crippen molar-refractivity contribution in [3.63, 3.8) is 0 Å². The Bertz CT molecular complexity index is 1000. The summed E-state index contributed by atoms with van der Waals surface area (Å²) < 4.78 is 3.51. The SMILES string of the molecule is Cc1ccc(SN[C@@H](CNC(=O)CCC2=CCC=CC2)c2ccccc2)cc1.c1ccccc1. The van der Waals surface area contributed by atoms with Crippen molar-refractivity contribution in [1.82, 2.24) is 10.0 Å². The van der Waals surface area contributed by atoms with Gasteiger partial charge in [0.2, 0.25) is 5.91 Å². The summed E-state index contributed by atoms with van der Waals surface area (Å²) >= 11 is 1.60. The van der Waals surface area contributed by atoms with Crippen LogP contribution in [0.2, 0.25) is 0 Å². The molecule has 3 aromatic carbocycles. The molecule has 4 rings (SSSR count). The van der Waals surface area contributed by atoms with Gasteiger partial charge in [-0.3, -0.25) is 9.52 Å². The van der Waals surface area contributed by atoms with Crippen molar-refractivity contribution in [1.29, 1.82) is 0 Å². The minimum absolute atomic E-state index is 0.0493. The lowest BCUT2D eigenvalue weighted by Gasteiger charge is -2.19. The van der Waals surface area contributed by atoms with Crippen LogP contribution >= 0.6 is 11.9 Å². The number of carbonyl (C=O) groups is 1. The summed E-state index contributed by atoms with van der Waals surface area (Å²) in [5, 5.41) is 3.11. The Hall–Kier alpha value is -3.08. The third-order valence-electron chi connectivity index (χ3n) is 5.47. The van der Waals surface area contributed by atoms with Gasteiger partial charge in [-0.25, -0.2) is 0 Å². The number of rotatable bonds is 9. The zero-order valence-corrected chi connectivity index (χ0v) is 20.6. The van der Waals surface area contributed by atoms with Crippen LogP contribution in [-0.4, -0.2) is 12.5 Å². The molecule has 0 heterocycles. The molecule has 2 N–H and O–H groups in total. The predicted octanol–water partition coefficient (Wildman–Crippen LogP) is 7.19. The van der Waals surface area contributed by atoms with E-state index in [2.05, 4.69) is 71.6 Å². The van der Waals surface area contributed by atoms with E-state index in [4.69, 9.17) is 0 Å². The number of carbonyl (C=O) groups excluding carboxylic acids is 1. The molecule has 1 aliphatic rings. The zero-order valence-electron chi connectivity index (χ0n) is 19.8. The van der Waals surface area contributed by atoms with Gasteiger partial charge in [-0.1, -0.05) is 108 Å². The number of nitrogens with one attached hydrogen (secondary N) is 2. The maximum Gasteiger partial charge on any atom is 0.220 e. The Morgan fingerprint density at radius 2 is 1.53 bits per heavy atom. The van der Waals surface area contributed by atoms with Crippen molar-refractivity contribution in [2.45, 2.75) is 43.5 Å². The molecule has 0 radical (unpaired) electrons. The maximum atomic E-state index is 12.3. The molecule has 0 unspecified atom stereocenters. The van der Waals surface area contributed by atoms with Crippen LogP contribution < -0.4 is 10.0 Å². The number of benzene rings is 3. The standard InChI is InChI=1S/C24H28N2OS.C6H6/c1-19-12-15-22(16-13-19)28-26-23(21-10-6-3-7-11-21)18-25-24(27)17-14-20-8-4-2-5-9-20;1-2-4-6-5-3-1/h2-4,6-7,9-13,15-16,23,26H,5,8,14,17-18H2,1H3,(H,25,27);1-6H/t23-;/m0./s1. The van der Waals surface area contributed by atoms with E-state index in [-0.39, 0.29) is 11.9 Å². The van der Waals surface area contributed by atoms with Crippen molar-refractivity contribution in [3.8, 4) is 0 Å². The van der Waals surface area contributed by atoms with E-state index in [0.717, 1.165) is 24.2 Å². The molecule has 34 heavy (non-hydrogen) atoms. The average molecular weight is 471 g/mol. The summed E-state index contributed by atoms with van der Waals surface area (Å²) in [4.78, 5) is 13.5. The van der Waals surface area contributed by atoms with Crippen LogP contribution in [0.4, 0.5) is 0 Å². The second-order valence-corrected chi connectivity index (χ2v) is 9.14. The van der Waals surface area contributed by atoms with Crippen molar-refractivity contribution in [2.75, 3.05) is 6.54 Å². The van der Waals surface area contributed by atoms with Crippen LogP contribution in [-0.2, 0) is 4.79 Å². The van der Waals surface area contributed by atoms with Crippen LogP contribution in [0.1, 0.15) is 42.9 Å². The van der Waals surface area contributed by atoms with Crippen molar-refractivity contribution >= 4 is 17.9 Å². The lowest BCUT2D eigenvalue weighted by Crippen LogP contribution is -2.32. The Morgan fingerprint density at radius 1 is 0.882 bits per heavy atom. The van der Waals surface area contributed by atoms with Gasteiger partial charge in [-0.15, -0.1) is 0 Å². The molecule has 0 saturated heterocycles. The van der Waals surface area contributed by atoms with Gasteiger partial charge in [-0.2, -0.15) is 0 Å². The molecule has 1 aliphatic carbocycles. The van der Waals surface area contributed by atoms with Crippen LogP contribution in [0.3, 0.4) is 0 Å². The molecule has 1 amide bonds. The first-order valence-corrected chi connectivity index (χ1v) is 12.7. The van der Waals surface area contributed by atoms with Gasteiger partial charge in [0.15, 0.2) is 0 Å². The van der Waals surface area contributed by atoms with E-state index >= 15 is 0 Å². The maximum absolute atomic E-state index is 12.3. The van der Waals surface area contributed by atoms with E-state index < -0.39 is 0 Å². The van der Waals surface area contributed by atoms with E-state index in [1.54, 1.807) is 11.9 Å². The van der Waals surface area contributed by atoms with Gasteiger partial charge in [0.05, 0.1) is 6.04 Å². The second-order valence-electron chi connectivity index (χ2n) is 8.23. The summed E-state index contributed by atoms with van der Waals surface area (Å²) in [5.74, 6) is 0.110. The number of amides is 1. The molecule has 1 atom stereocenters. The van der Waals surface area contributed by atoms with Crippen molar-refractivity contribution in [2.24, 2.45) is 0 Å². The number of allylic oxidation sites excluding steroid dienone is 4. The molecular weight excluding hydrogens is 436 g/mol. The fourth-order valence-corrected chi connectivity index (χ4v) is 4.24. The van der Waals surface area contributed by atoms with Crippen LogP contribution in [0.5, 0.6) is 0 Å². The summed E-state index contributed by atoms with van der Waals surface area (Å²) in [5.41, 5.74) is 3.78. The third kappa shape index (κ3) is 9.82. The van der Waals surface area contributed by atoms with Gasteiger partial charge < -0.3 is 5.32 Å². The monoisotopic (exact) mass is 470 g/mol. The van der Waals surface area contributed by atoms with Gasteiger partial charge in [0.25, 0.3) is 0 Å². The highest BCUT2D eigenvalue weighted by Gasteiger charge is 2.13. The van der Waals surface area contributed by atoms with Crippen molar-refractivity contribution in [3.05, 3.63) is 126 Å². The fraction of sp³-hybridized carbons (Fsp3) is 0.233. The van der Waals surface area contributed by atoms with Crippen LogP contribution in [0.25, 0.3) is 0 Å². The Kier molecular flexibility index (Phi) is 11.2. The lowest BCUT2D eigenvalue weighted by molar-refractivity contribution is -0.121. The number of hydrogen-bond donors (Lipinski definition) is 2. The highest BCUT2D eigenvalue weighted by atomic mass is 32.2. The average Bonchev–Trinajstić information content (AvgIpc) is 2.91. The predicted molar refractivity (Wildman–Crippen MR) is 144 cm³/mol. The summed E-state index contributed by atoms with van der Waals surface area (Å²) in [6.45, 7) is 2.66. The summed E-state index contributed by atoms with van der Waals surface area (Å²) in [7, 11) is 0. The van der Waals surface area contributed by atoms with E-state index in [1.165, 1.54) is 16.7 Å². The molecular formula is C30H34N2OS. The first-order chi connectivity index (χ1) is 16.7. The Morgan fingerprint density at radius 3 is 2.15 bits per heavy atom. The Balaban J connectivity index is 0.000000469. The molecule has 0 aromatic heterocycles. The highest BCUT2D eigenvalue weighted by molar-refractivity contribution is 7.97. The molecule has 0 aliphatic heterocycles. The van der Waals surface area contributed by atoms with E-state index in [0.29, 0.717) is 13.0 Å². The van der Waals surface area contributed by atoms with Crippen LogP contribution in [0.15, 0.2) is 120 Å². The minimum Gasteiger partial charge on any atom is -0.354 e. The molecule has 3 aromatic rings. The molecule has 4 heteroatoms. The molecule has 0 bridgehead atoms. The molecule has 176 valence electrons. The third-order valence-corrected chi connectivity index (χ3v) is 6.38. The van der Waals surface area contributed by atoms with Gasteiger partial charge in [0, 0.05) is 17.9 Å². The molecule has 0 spiro atoms. The normalized spacial score (nSPS) is 13.3. The lowest BCUT2D eigenvalue weighted by atomic mass is 10.0. The largest absolute Gasteiger partial charge is 0.354 e. The zero-order chi connectivity index (χ0) is 23.8. The number of hydrogen-bond acceptors (Lipinski definition) is 3. The van der Waals surface area contributed by atoms with Gasteiger partial charge in [0.1, 0.15) is 0 Å². The van der Waals surface area contributed by atoms with E-state index in [9.17, 15) is 4.79 Å². The smallest absolute Gasteiger partial charge is 0.220 e. The first kappa shape index (κ1) is 25.5. The quantitative estimate of drug-likeness (QED) is 0.257. The topological polar surface area (TPSA) is 41.1 Å². The minimum atomic E-state index is 0.0493. The summed E-state index contributed by atoms with van der Waals surface area (Å²) in [6.07, 6.45) is 9.96. The van der Waals surface area contributed by atoms with Crippen LogP contribution in [0, 0.1) is 6.92 Å². The van der Waals surface area contributed by atoms with Crippen molar-refractivity contribution < 1.29 is 4.79 Å². The number of aryl methyl sites for hydroxylation is 1. The second kappa shape index (κ2) is 14.9. The molecule has 0 saturated carbocycles.